The fourth-order valence-electron chi connectivity index (χ4n) is 7.86. The number of nitrogens with zero attached hydrogens (tertiary/aromatic N) is 2. The SMILES string of the molecule is c1ccc(N(c2ccccc2)c2ccc(-c3ccc4c(c3)-c3cccc5c(-c6ccc(N(c7ccccc7)c7ccccc7)cc6)ccc(c35)O4)cc2)cc1. The van der Waals surface area contributed by atoms with Crippen LogP contribution in [0.25, 0.3) is 44.2 Å². The normalized spacial score (nSPS) is 11.4. The first-order chi connectivity index (χ1) is 27.3. The Morgan fingerprint density at radius 2 is 0.709 bits per heavy atom. The van der Waals surface area contributed by atoms with Gasteiger partial charge in [0.25, 0.3) is 0 Å². The summed E-state index contributed by atoms with van der Waals surface area (Å²) in [5.74, 6) is 1.76. The standard InChI is InChI=1S/C52H36N2O/c1-5-14-40(15-6-1)53(41-16-7-2-8-17-41)44-29-24-37(25-30-44)39-28-34-50-49(36-39)48-23-13-22-47-46(33-35-51(55-50)52(47)48)38-26-31-45(32-27-38)54(42-18-9-3-10-19-42)43-20-11-4-12-21-43/h1-36H. The van der Waals surface area contributed by atoms with E-state index in [1.54, 1.807) is 0 Å². The lowest BCUT2D eigenvalue weighted by molar-refractivity contribution is 0.487. The molecule has 0 atom stereocenters. The Balaban J connectivity index is 0.994. The third-order valence-corrected chi connectivity index (χ3v) is 10.4. The number of ether oxygens (including phenoxy) is 1. The van der Waals surface area contributed by atoms with Gasteiger partial charge < -0.3 is 14.5 Å². The van der Waals surface area contributed by atoms with Gasteiger partial charge in [0.2, 0.25) is 0 Å². The van der Waals surface area contributed by atoms with Gasteiger partial charge in [0, 0.05) is 45.1 Å². The van der Waals surface area contributed by atoms with Crippen molar-refractivity contribution >= 4 is 44.9 Å². The monoisotopic (exact) mass is 704 g/mol. The molecule has 0 amide bonds. The van der Waals surface area contributed by atoms with Crippen molar-refractivity contribution in [3.63, 3.8) is 0 Å². The zero-order valence-electron chi connectivity index (χ0n) is 30.1. The molecule has 1 aliphatic rings. The molecule has 260 valence electrons. The van der Waals surface area contributed by atoms with Crippen LogP contribution in [0.2, 0.25) is 0 Å². The molecular weight excluding hydrogens is 669 g/mol. The Morgan fingerprint density at radius 3 is 1.22 bits per heavy atom. The minimum Gasteiger partial charge on any atom is -0.456 e. The maximum absolute atomic E-state index is 6.62. The maximum atomic E-state index is 6.62. The lowest BCUT2D eigenvalue weighted by Gasteiger charge is -2.26. The molecule has 0 spiro atoms. The predicted molar refractivity (Wildman–Crippen MR) is 230 cm³/mol. The van der Waals surface area contributed by atoms with Crippen LogP contribution in [0.1, 0.15) is 0 Å². The highest BCUT2D eigenvalue weighted by atomic mass is 16.5. The molecule has 10 rings (SSSR count). The summed E-state index contributed by atoms with van der Waals surface area (Å²) in [6, 6.07) is 77.3. The van der Waals surface area contributed by atoms with Crippen LogP contribution in [0.3, 0.4) is 0 Å². The molecule has 0 fully saturated rings. The molecule has 55 heavy (non-hydrogen) atoms. The third-order valence-electron chi connectivity index (χ3n) is 10.4. The Labute approximate surface area is 321 Å². The first kappa shape index (κ1) is 32.3. The number of rotatable bonds is 8. The zero-order chi connectivity index (χ0) is 36.6. The first-order valence-electron chi connectivity index (χ1n) is 18.7. The van der Waals surface area contributed by atoms with E-state index in [2.05, 4.69) is 228 Å². The number of benzene rings is 9. The van der Waals surface area contributed by atoms with Gasteiger partial charge in [-0.3, -0.25) is 0 Å². The van der Waals surface area contributed by atoms with E-state index in [1.807, 2.05) is 0 Å². The first-order valence-corrected chi connectivity index (χ1v) is 18.7. The van der Waals surface area contributed by atoms with E-state index in [9.17, 15) is 0 Å². The van der Waals surface area contributed by atoms with E-state index in [4.69, 9.17) is 4.74 Å². The summed E-state index contributed by atoms with van der Waals surface area (Å²) in [4.78, 5) is 4.58. The molecule has 9 aromatic rings. The van der Waals surface area contributed by atoms with Gasteiger partial charge in [0.1, 0.15) is 11.5 Å². The molecular formula is C52H36N2O. The van der Waals surface area contributed by atoms with E-state index >= 15 is 0 Å². The molecule has 0 saturated carbocycles. The largest absolute Gasteiger partial charge is 0.456 e. The summed E-state index contributed by atoms with van der Waals surface area (Å²) in [7, 11) is 0. The molecule has 0 aliphatic carbocycles. The van der Waals surface area contributed by atoms with Gasteiger partial charge in [-0.15, -0.1) is 0 Å². The summed E-state index contributed by atoms with van der Waals surface area (Å²) < 4.78 is 6.62. The zero-order valence-corrected chi connectivity index (χ0v) is 30.1. The van der Waals surface area contributed by atoms with Crippen molar-refractivity contribution < 1.29 is 4.74 Å². The summed E-state index contributed by atoms with van der Waals surface area (Å²) in [6.45, 7) is 0. The summed E-state index contributed by atoms with van der Waals surface area (Å²) in [6.07, 6.45) is 0. The van der Waals surface area contributed by atoms with Crippen LogP contribution in [0.5, 0.6) is 11.5 Å². The van der Waals surface area contributed by atoms with Crippen LogP contribution < -0.4 is 14.5 Å². The molecule has 0 bridgehead atoms. The smallest absolute Gasteiger partial charge is 0.135 e. The molecule has 0 aromatic heterocycles. The minimum atomic E-state index is 0.874. The molecule has 3 nitrogen and oxygen atoms in total. The second-order valence-corrected chi connectivity index (χ2v) is 13.8. The van der Waals surface area contributed by atoms with Gasteiger partial charge in [-0.1, -0.05) is 127 Å². The van der Waals surface area contributed by atoms with Crippen molar-refractivity contribution in [3.8, 4) is 44.9 Å². The van der Waals surface area contributed by atoms with E-state index in [-0.39, 0.29) is 0 Å². The van der Waals surface area contributed by atoms with Crippen LogP contribution in [-0.4, -0.2) is 0 Å². The van der Waals surface area contributed by atoms with E-state index in [0.717, 1.165) is 73.3 Å². The molecule has 0 unspecified atom stereocenters. The maximum Gasteiger partial charge on any atom is 0.135 e. The quantitative estimate of drug-likeness (QED) is 0.157. The van der Waals surface area contributed by atoms with Gasteiger partial charge in [0.15, 0.2) is 0 Å². The Morgan fingerprint density at radius 1 is 0.273 bits per heavy atom. The van der Waals surface area contributed by atoms with E-state index in [1.165, 1.54) is 16.5 Å². The lowest BCUT2D eigenvalue weighted by Crippen LogP contribution is -2.09. The van der Waals surface area contributed by atoms with Gasteiger partial charge in [-0.25, -0.2) is 0 Å². The van der Waals surface area contributed by atoms with Crippen molar-refractivity contribution in [1.82, 2.24) is 0 Å². The summed E-state index contributed by atoms with van der Waals surface area (Å²) in [5, 5.41) is 2.31. The third kappa shape index (κ3) is 5.98. The fourth-order valence-corrected chi connectivity index (χ4v) is 7.86. The Bertz CT molecular complexity index is 2670. The van der Waals surface area contributed by atoms with Crippen LogP contribution in [0.4, 0.5) is 34.1 Å². The number of para-hydroxylation sites is 4. The van der Waals surface area contributed by atoms with Gasteiger partial charge in [-0.2, -0.15) is 0 Å². The van der Waals surface area contributed by atoms with E-state index < -0.39 is 0 Å². The average Bonchev–Trinajstić information content (AvgIpc) is 3.26. The second kappa shape index (κ2) is 13.9. The van der Waals surface area contributed by atoms with Gasteiger partial charge in [-0.05, 0) is 124 Å². The van der Waals surface area contributed by atoms with Crippen LogP contribution in [-0.2, 0) is 0 Å². The van der Waals surface area contributed by atoms with E-state index in [0.29, 0.717) is 0 Å². The minimum absolute atomic E-state index is 0.874. The number of fused-ring (bicyclic) bond motifs is 2. The predicted octanol–water partition coefficient (Wildman–Crippen LogP) is 14.9. The van der Waals surface area contributed by atoms with Crippen molar-refractivity contribution in [3.05, 3.63) is 218 Å². The molecule has 1 aliphatic heterocycles. The highest BCUT2D eigenvalue weighted by Gasteiger charge is 2.23. The molecule has 3 heteroatoms. The molecule has 9 aromatic carbocycles. The molecule has 0 radical (unpaired) electrons. The van der Waals surface area contributed by atoms with Crippen molar-refractivity contribution in [2.75, 3.05) is 9.80 Å². The summed E-state index contributed by atoms with van der Waals surface area (Å²) in [5.41, 5.74) is 13.6. The number of hydrogen-bond donors (Lipinski definition) is 0. The highest BCUT2D eigenvalue weighted by Crippen LogP contribution is 2.50. The number of hydrogen-bond acceptors (Lipinski definition) is 3. The Kier molecular flexibility index (Phi) is 8.16. The molecule has 0 saturated heterocycles. The summed E-state index contributed by atoms with van der Waals surface area (Å²) >= 11 is 0. The van der Waals surface area contributed by atoms with Crippen LogP contribution in [0.15, 0.2) is 218 Å². The van der Waals surface area contributed by atoms with Crippen LogP contribution in [0, 0.1) is 0 Å². The topological polar surface area (TPSA) is 15.7 Å². The highest BCUT2D eigenvalue weighted by molar-refractivity contribution is 6.10. The van der Waals surface area contributed by atoms with Crippen LogP contribution >= 0.6 is 0 Å². The molecule has 0 N–H and O–H groups in total. The van der Waals surface area contributed by atoms with Gasteiger partial charge in [0.05, 0.1) is 0 Å². The van der Waals surface area contributed by atoms with Crippen molar-refractivity contribution in [2.45, 2.75) is 0 Å². The fraction of sp³-hybridized carbons (Fsp3) is 0. The second-order valence-electron chi connectivity index (χ2n) is 13.8. The van der Waals surface area contributed by atoms with Crippen molar-refractivity contribution in [1.29, 1.82) is 0 Å². The average molecular weight is 705 g/mol. The van der Waals surface area contributed by atoms with Gasteiger partial charge >= 0.3 is 0 Å². The lowest BCUT2D eigenvalue weighted by atomic mass is 9.89. The van der Waals surface area contributed by atoms with Crippen molar-refractivity contribution in [2.24, 2.45) is 0 Å². The number of anilines is 6. The Hall–Kier alpha value is -7.36. The molecule has 1 heterocycles.